The Morgan fingerprint density at radius 2 is 1.38 bits per heavy atom. The molecule has 8 nitrogen and oxygen atoms in total. The van der Waals surface area contributed by atoms with Crippen LogP contribution in [0.4, 0.5) is 0 Å². The molecule has 5 rings (SSSR count). The Hall–Kier alpha value is -4.46. The van der Waals surface area contributed by atoms with Crippen LogP contribution in [0.2, 0.25) is 0 Å². The van der Waals surface area contributed by atoms with E-state index in [1.807, 2.05) is 42.5 Å². The SMILES string of the molecule is COc1ccc(-c2cccc(Cn3c(=O)c4c(=O)c5[nH]cc[nH]c5c(=O)c4c3=O)c2)cc1. The molecular weight excluding hydrogens is 410 g/mol. The summed E-state index contributed by atoms with van der Waals surface area (Å²) in [5.74, 6) is 0.736. The van der Waals surface area contributed by atoms with Crippen LogP contribution < -0.4 is 26.7 Å². The molecule has 0 spiro atoms. The number of aromatic nitrogens is 3. The van der Waals surface area contributed by atoms with E-state index in [0.717, 1.165) is 21.4 Å². The minimum atomic E-state index is -0.763. The van der Waals surface area contributed by atoms with Crippen molar-refractivity contribution >= 4 is 21.8 Å². The molecule has 3 aromatic carbocycles. The Balaban J connectivity index is 1.65. The lowest BCUT2D eigenvalue weighted by Crippen LogP contribution is -2.27. The van der Waals surface area contributed by atoms with Crippen LogP contribution in [0.15, 0.2) is 80.1 Å². The normalized spacial score (nSPS) is 11.3. The number of nitrogens with one attached hydrogen (secondary N) is 2. The van der Waals surface area contributed by atoms with Crippen molar-refractivity contribution in [2.24, 2.45) is 0 Å². The molecule has 0 aliphatic heterocycles. The molecule has 2 N–H and O–H groups in total. The maximum Gasteiger partial charge on any atom is 0.266 e. The maximum atomic E-state index is 13.0. The van der Waals surface area contributed by atoms with Gasteiger partial charge >= 0.3 is 0 Å². The van der Waals surface area contributed by atoms with Crippen LogP contribution in [-0.2, 0) is 6.54 Å². The first-order valence-corrected chi connectivity index (χ1v) is 9.85. The van der Waals surface area contributed by atoms with Gasteiger partial charge in [-0.15, -0.1) is 0 Å². The highest BCUT2D eigenvalue weighted by atomic mass is 16.5. The number of methoxy groups -OCH3 is 1. The van der Waals surface area contributed by atoms with Crippen molar-refractivity contribution in [3.63, 3.8) is 0 Å². The second-order valence-corrected chi connectivity index (χ2v) is 7.41. The summed E-state index contributed by atoms with van der Waals surface area (Å²) in [6.45, 7) is -0.0566. The van der Waals surface area contributed by atoms with Gasteiger partial charge < -0.3 is 14.7 Å². The van der Waals surface area contributed by atoms with E-state index < -0.39 is 22.0 Å². The van der Waals surface area contributed by atoms with Gasteiger partial charge in [0.1, 0.15) is 27.6 Å². The first-order chi connectivity index (χ1) is 15.5. The third-order valence-electron chi connectivity index (χ3n) is 5.56. The Morgan fingerprint density at radius 1 is 0.781 bits per heavy atom. The minimum Gasteiger partial charge on any atom is -0.497 e. The topological polar surface area (TPSA) is 114 Å². The van der Waals surface area contributed by atoms with Gasteiger partial charge in [0.2, 0.25) is 10.9 Å². The van der Waals surface area contributed by atoms with Crippen LogP contribution in [0.3, 0.4) is 0 Å². The highest BCUT2D eigenvalue weighted by Crippen LogP contribution is 2.23. The van der Waals surface area contributed by atoms with Crippen molar-refractivity contribution in [1.82, 2.24) is 14.5 Å². The lowest BCUT2D eigenvalue weighted by molar-refractivity contribution is 0.415. The van der Waals surface area contributed by atoms with Gasteiger partial charge in [-0.25, -0.2) is 0 Å². The van der Waals surface area contributed by atoms with Crippen LogP contribution >= 0.6 is 0 Å². The van der Waals surface area contributed by atoms with Gasteiger partial charge in [0, 0.05) is 12.4 Å². The van der Waals surface area contributed by atoms with Gasteiger partial charge in [0.25, 0.3) is 11.1 Å². The number of ether oxygens (including phenoxy) is 1. The van der Waals surface area contributed by atoms with Gasteiger partial charge in [-0.1, -0.05) is 30.3 Å². The zero-order valence-corrected chi connectivity index (χ0v) is 17.0. The third kappa shape index (κ3) is 2.92. The van der Waals surface area contributed by atoms with Gasteiger partial charge in [-0.3, -0.25) is 23.7 Å². The van der Waals surface area contributed by atoms with Crippen molar-refractivity contribution in [3.8, 4) is 16.9 Å². The molecule has 0 unspecified atom stereocenters. The minimum absolute atomic E-state index is 0.0271. The molecule has 0 aliphatic rings. The average Bonchev–Trinajstić information content (AvgIpc) is 3.08. The maximum absolute atomic E-state index is 13.0. The molecule has 2 aromatic heterocycles. The van der Waals surface area contributed by atoms with Gasteiger partial charge in [-0.2, -0.15) is 0 Å². The number of benzene rings is 3. The predicted octanol–water partition coefficient (Wildman–Crippen LogP) is 2.05. The Bertz CT molecular complexity index is 1630. The summed E-state index contributed by atoms with van der Waals surface area (Å²) >= 11 is 0. The quantitative estimate of drug-likeness (QED) is 0.456. The summed E-state index contributed by atoms with van der Waals surface area (Å²) in [4.78, 5) is 57.0. The average molecular weight is 427 g/mol. The summed E-state index contributed by atoms with van der Waals surface area (Å²) in [5, 5.41) is -0.760. The molecule has 0 saturated carbocycles. The molecule has 0 fully saturated rings. The molecule has 0 atom stereocenters. The standard InChI is InChI=1S/C24H17N3O5/c1-32-16-7-5-14(6-8-16)15-4-2-3-13(11-15)12-27-23(30)17-18(24(27)31)22(29)20-19(21(17)28)25-9-10-26-20/h2-11,25-26H,12H2,1H3. The molecule has 158 valence electrons. The van der Waals surface area contributed by atoms with Crippen molar-refractivity contribution in [1.29, 1.82) is 0 Å². The zero-order chi connectivity index (χ0) is 22.4. The largest absolute Gasteiger partial charge is 0.497 e. The number of hydrogen-bond acceptors (Lipinski definition) is 5. The highest BCUT2D eigenvalue weighted by Gasteiger charge is 2.22. The number of rotatable bonds is 4. The van der Waals surface area contributed by atoms with E-state index in [-0.39, 0.29) is 28.4 Å². The molecule has 0 bridgehead atoms. The first-order valence-electron chi connectivity index (χ1n) is 9.85. The van der Waals surface area contributed by atoms with Gasteiger partial charge in [0.05, 0.1) is 13.7 Å². The Labute approximate surface area is 179 Å². The predicted molar refractivity (Wildman–Crippen MR) is 122 cm³/mol. The molecule has 8 heteroatoms. The van der Waals surface area contributed by atoms with E-state index in [0.29, 0.717) is 5.56 Å². The van der Waals surface area contributed by atoms with Crippen molar-refractivity contribution in [2.75, 3.05) is 7.11 Å². The molecular formula is C24H17N3O5. The molecule has 0 amide bonds. The molecule has 0 radical (unpaired) electrons. The Kier molecular flexibility index (Phi) is 4.48. The number of nitrogens with zero attached hydrogens (tertiary/aromatic N) is 1. The second-order valence-electron chi connectivity index (χ2n) is 7.41. The van der Waals surface area contributed by atoms with Crippen LogP contribution in [0.5, 0.6) is 5.75 Å². The van der Waals surface area contributed by atoms with E-state index in [1.165, 1.54) is 12.4 Å². The lowest BCUT2D eigenvalue weighted by atomic mass is 10.0. The number of H-pyrrole nitrogens is 2. The van der Waals surface area contributed by atoms with E-state index >= 15 is 0 Å². The zero-order valence-electron chi connectivity index (χ0n) is 17.0. The van der Waals surface area contributed by atoms with E-state index in [9.17, 15) is 19.2 Å². The summed E-state index contributed by atoms with van der Waals surface area (Å²) in [6, 6.07) is 14.9. The van der Waals surface area contributed by atoms with E-state index in [1.54, 1.807) is 13.2 Å². The Morgan fingerprint density at radius 3 is 1.94 bits per heavy atom. The molecule has 5 aromatic rings. The summed E-state index contributed by atoms with van der Waals surface area (Å²) in [6.07, 6.45) is 2.89. The van der Waals surface area contributed by atoms with Crippen molar-refractivity contribution < 1.29 is 4.74 Å². The fraction of sp³-hybridized carbons (Fsp3) is 0.0833. The van der Waals surface area contributed by atoms with Gasteiger partial charge in [0.15, 0.2) is 0 Å². The number of aromatic amines is 2. The van der Waals surface area contributed by atoms with Crippen LogP contribution in [0.1, 0.15) is 5.56 Å². The first kappa shape index (κ1) is 19.5. The summed E-state index contributed by atoms with van der Waals surface area (Å²) in [5.41, 5.74) is -0.389. The van der Waals surface area contributed by atoms with Crippen LogP contribution in [-0.4, -0.2) is 21.6 Å². The number of fused-ring (bicyclic) bond motifs is 2. The molecule has 2 heterocycles. The van der Waals surface area contributed by atoms with Crippen LogP contribution in [0.25, 0.3) is 32.9 Å². The second kappa shape index (κ2) is 7.35. The molecule has 0 aliphatic carbocycles. The fourth-order valence-electron chi connectivity index (χ4n) is 3.96. The third-order valence-corrected chi connectivity index (χ3v) is 5.56. The number of hydrogen-bond donors (Lipinski definition) is 2. The fourth-order valence-corrected chi connectivity index (χ4v) is 3.96. The van der Waals surface area contributed by atoms with E-state index in [4.69, 9.17) is 4.74 Å². The van der Waals surface area contributed by atoms with Crippen LogP contribution in [0, 0.1) is 0 Å². The van der Waals surface area contributed by atoms with Gasteiger partial charge in [-0.05, 0) is 34.9 Å². The summed E-state index contributed by atoms with van der Waals surface area (Å²) in [7, 11) is 1.59. The smallest absolute Gasteiger partial charge is 0.266 e. The molecule has 0 saturated heterocycles. The monoisotopic (exact) mass is 427 g/mol. The summed E-state index contributed by atoms with van der Waals surface area (Å²) < 4.78 is 6.13. The molecule has 32 heavy (non-hydrogen) atoms. The lowest BCUT2D eigenvalue weighted by Gasteiger charge is -2.07. The van der Waals surface area contributed by atoms with Crippen molar-refractivity contribution in [3.05, 3.63) is 108 Å². The van der Waals surface area contributed by atoms with E-state index in [2.05, 4.69) is 9.97 Å². The van der Waals surface area contributed by atoms with Crippen molar-refractivity contribution in [2.45, 2.75) is 6.54 Å². The highest BCUT2D eigenvalue weighted by molar-refractivity contribution is 5.94.